The third kappa shape index (κ3) is 8.76. The van der Waals surface area contributed by atoms with Gasteiger partial charge in [0.05, 0.1) is 4.47 Å². The van der Waals surface area contributed by atoms with Crippen LogP contribution < -0.4 is 10.2 Å². The molecule has 0 unspecified atom stereocenters. The number of benzene rings is 1. The Hall–Kier alpha value is -1.36. The maximum atomic E-state index is 12.2. The Kier molecular flexibility index (Phi) is 10.6. The molecule has 28 heavy (non-hydrogen) atoms. The molecule has 0 bridgehead atoms. The first-order valence-corrected chi connectivity index (χ1v) is 11.6. The number of nitrogens with zero attached hydrogens (tertiary/aromatic N) is 1. The minimum absolute atomic E-state index is 0.0313. The second kappa shape index (κ2) is 13.0. The summed E-state index contributed by atoms with van der Waals surface area (Å²) in [4.78, 5) is 12.2. The van der Waals surface area contributed by atoms with Gasteiger partial charge in [0, 0.05) is 5.71 Å². The van der Waals surface area contributed by atoms with E-state index in [-0.39, 0.29) is 12.5 Å². The van der Waals surface area contributed by atoms with Crippen molar-refractivity contribution in [1.82, 2.24) is 5.43 Å². The van der Waals surface area contributed by atoms with Crippen molar-refractivity contribution in [2.24, 2.45) is 5.10 Å². The van der Waals surface area contributed by atoms with Gasteiger partial charge < -0.3 is 4.74 Å². The van der Waals surface area contributed by atoms with Crippen LogP contribution in [0.3, 0.4) is 0 Å². The molecule has 2 rings (SSSR count). The molecule has 5 heteroatoms. The Bertz CT molecular complexity index is 629. The molecular formula is C23H35BrN2O2. The summed E-state index contributed by atoms with van der Waals surface area (Å²) in [7, 11) is 0. The Balaban J connectivity index is 1.81. The molecule has 0 aromatic heterocycles. The van der Waals surface area contributed by atoms with Crippen molar-refractivity contribution in [3.63, 3.8) is 0 Å². The third-order valence-electron chi connectivity index (χ3n) is 5.25. The van der Waals surface area contributed by atoms with Gasteiger partial charge in [-0.05, 0) is 65.2 Å². The molecule has 0 heterocycles. The topological polar surface area (TPSA) is 50.7 Å². The molecule has 156 valence electrons. The number of hydrogen-bond acceptors (Lipinski definition) is 3. The number of carbonyl (C=O) groups is 1. The number of rotatable bonds is 5. The van der Waals surface area contributed by atoms with Gasteiger partial charge in [0.15, 0.2) is 6.61 Å². The van der Waals surface area contributed by atoms with Crippen LogP contribution in [0.15, 0.2) is 27.8 Å². The number of hydrazone groups is 1. The van der Waals surface area contributed by atoms with E-state index in [0.717, 1.165) is 23.0 Å². The van der Waals surface area contributed by atoms with Gasteiger partial charge in [0.2, 0.25) is 0 Å². The number of nitrogens with one attached hydrogen (secondary N) is 1. The van der Waals surface area contributed by atoms with Crippen LogP contribution >= 0.6 is 15.9 Å². The van der Waals surface area contributed by atoms with E-state index in [9.17, 15) is 4.79 Å². The van der Waals surface area contributed by atoms with E-state index in [1.165, 1.54) is 63.4 Å². The smallest absolute Gasteiger partial charge is 0.277 e. The van der Waals surface area contributed by atoms with E-state index in [2.05, 4.69) is 40.3 Å². The second-order valence-electron chi connectivity index (χ2n) is 8.03. The lowest BCUT2D eigenvalue weighted by Crippen LogP contribution is -2.26. The molecular weight excluding hydrogens is 416 g/mol. The molecule has 1 amide bonds. The van der Waals surface area contributed by atoms with Crippen LogP contribution in [0.4, 0.5) is 0 Å². The van der Waals surface area contributed by atoms with Gasteiger partial charge in [-0.2, -0.15) is 5.10 Å². The van der Waals surface area contributed by atoms with Gasteiger partial charge in [-0.1, -0.05) is 64.9 Å². The molecule has 0 aliphatic heterocycles. The van der Waals surface area contributed by atoms with E-state index >= 15 is 0 Å². The quantitative estimate of drug-likeness (QED) is 0.505. The third-order valence-corrected chi connectivity index (χ3v) is 5.87. The Morgan fingerprint density at radius 2 is 1.61 bits per heavy atom. The first kappa shape index (κ1) is 22.9. The van der Waals surface area contributed by atoms with E-state index in [0.29, 0.717) is 11.7 Å². The van der Waals surface area contributed by atoms with Crippen molar-refractivity contribution in [2.45, 2.75) is 90.4 Å². The van der Waals surface area contributed by atoms with Gasteiger partial charge in [0.1, 0.15) is 5.75 Å². The summed E-state index contributed by atoms with van der Waals surface area (Å²) in [6.07, 6.45) is 13.6. The summed E-state index contributed by atoms with van der Waals surface area (Å²) in [6, 6.07) is 5.99. The molecule has 1 aliphatic rings. The molecule has 0 radical (unpaired) electrons. The van der Waals surface area contributed by atoms with Crippen molar-refractivity contribution < 1.29 is 9.53 Å². The largest absolute Gasteiger partial charge is 0.483 e. The highest BCUT2D eigenvalue weighted by Gasteiger charge is 2.09. The van der Waals surface area contributed by atoms with Gasteiger partial charge in [0.25, 0.3) is 5.91 Å². The Morgan fingerprint density at radius 1 is 1.04 bits per heavy atom. The van der Waals surface area contributed by atoms with Crippen molar-refractivity contribution in [3.05, 3.63) is 28.2 Å². The van der Waals surface area contributed by atoms with Crippen LogP contribution in [0.1, 0.15) is 96.0 Å². The highest BCUT2D eigenvalue weighted by atomic mass is 79.9. The average Bonchev–Trinajstić information content (AvgIpc) is 2.66. The fraction of sp³-hybridized carbons (Fsp3) is 0.652. The molecule has 1 fully saturated rings. The van der Waals surface area contributed by atoms with Crippen LogP contribution in [0, 0.1) is 0 Å². The van der Waals surface area contributed by atoms with Crippen molar-refractivity contribution in [2.75, 3.05) is 6.61 Å². The van der Waals surface area contributed by atoms with Gasteiger partial charge in [-0.15, -0.1) is 0 Å². The summed E-state index contributed by atoms with van der Waals surface area (Å²) in [5.41, 5.74) is 5.05. The molecule has 1 aromatic carbocycles. The number of ether oxygens (including phenoxy) is 1. The summed E-state index contributed by atoms with van der Waals surface area (Å²) < 4.78 is 6.53. The monoisotopic (exact) mass is 450 g/mol. The molecule has 0 spiro atoms. The zero-order chi connectivity index (χ0) is 20.2. The van der Waals surface area contributed by atoms with E-state index in [4.69, 9.17) is 4.74 Å². The van der Waals surface area contributed by atoms with Gasteiger partial charge in [-0.25, -0.2) is 5.43 Å². The molecule has 1 N–H and O–H groups in total. The maximum Gasteiger partial charge on any atom is 0.277 e. The first-order chi connectivity index (χ1) is 13.6. The highest BCUT2D eigenvalue weighted by Crippen LogP contribution is 2.28. The summed E-state index contributed by atoms with van der Waals surface area (Å²) in [5, 5.41) is 4.41. The molecule has 0 saturated heterocycles. The minimum Gasteiger partial charge on any atom is -0.483 e. The van der Waals surface area contributed by atoms with Crippen LogP contribution in [-0.2, 0) is 4.79 Å². The van der Waals surface area contributed by atoms with Crippen LogP contribution in [0.2, 0.25) is 0 Å². The van der Waals surface area contributed by atoms with Crippen LogP contribution in [0.25, 0.3) is 0 Å². The lowest BCUT2D eigenvalue weighted by molar-refractivity contribution is -0.123. The predicted octanol–water partition coefficient (Wildman–Crippen LogP) is 6.73. The highest BCUT2D eigenvalue weighted by molar-refractivity contribution is 9.10. The van der Waals surface area contributed by atoms with Crippen molar-refractivity contribution >= 4 is 27.5 Å². The van der Waals surface area contributed by atoms with Crippen LogP contribution in [0.5, 0.6) is 5.75 Å². The average molecular weight is 451 g/mol. The minimum atomic E-state index is -0.210. The lowest BCUT2D eigenvalue weighted by Gasteiger charge is -2.12. The number of amides is 1. The standard InChI is InChI=1S/C23H35BrN2O2/c1-18(2)19-14-15-22(21(24)16-19)28-17-23(27)26-25-20-12-10-8-6-4-3-5-7-9-11-13-20/h14-16,18H,3-13,17H2,1-2H3,(H,26,27). The summed E-state index contributed by atoms with van der Waals surface area (Å²) >= 11 is 3.52. The lowest BCUT2D eigenvalue weighted by atomic mass is 10.00. The first-order valence-electron chi connectivity index (χ1n) is 10.8. The molecule has 1 aromatic rings. The second-order valence-corrected chi connectivity index (χ2v) is 8.88. The zero-order valence-corrected chi connectivity index (χ0v) is 19.0. The fourth-order valence-corrected chi connectivity index (χ4v) is 3.95. The van der Waals surface area contributed by atoms with E-state index < -0.39 is 0 Å². The van der Waals surface area contributed by atoms with Crippen LogP contribution in [-0.4, -0.2) is 18.2 Å². The molecule has 0 atom stereocenters. The molecule has 4 nitrogen and oxygen atoms in total. The summed E-state index contributed by atoms with van der Waals surface area (Å²) in [5.74, 6) is 0.923. The molecule has 1 saturated carbocycles. The Labute approximate surface area is 178 Å². The van der Waals surface area contributed by atoms with Gasteiger partial charge in [-0.3, -0.25) is 4.79 Å². The summed E-state index contributed by atoms with van der Waals surface area (Å²) in [6.45, 7) is 4.27. The normalized spacial score (nSPS) is 16.8. The van der Waals surface area contributed by atoms with Crippen molar-refractivity contribution in [1.29, 1.82) is 0 Å². The van der Waals surface area contributed by atoms with E-state index in [1.807, 2.05) is 18.2 Å². The van der Waals surface area contributed by atoms with Gasteiger partial charge >= 0.3 is 0 Å². The maximum absolute atomic E-state index is 12.2. The number of carbonyl (C=O) groups excluding carboxylic acids is 1. The number of halogens is 1. The van der Waals surface area contributed by atoms with Crippen molar-refractivity contribution in [3.8, 4) is 5.75 Å². The van der Waals surface area contributed by atoms with E-state index in [1.54, 1.807) is 0 Å². The molecule has 1 aliphatic carbocycles. The fourth-order valence-electron chi connectivity index (χ4n) is 3.44. The number of hydrogen-bond donors (Lipinski definition) is 1. The zero-order valence-electron chi connectivity index (χ0n) is 17.4. The SMILES string of the molecule is CC(C)c1ccc(OCC(=O)NN=C2CCCCCCCCCCC2)c(Br)c1. The Morgan fingerprint density at radius 3 is 2.14 bits per heavy atom. The predicted molar refractivity (Wildman–Crippen MR) is 120 cm³/mol.